The van der Waals surface area contributed by atoms with Crippen LogP contribution in [-0.2, 0) is 0 Å². The summed E-state index contributed by atoms with van der Waals surface area (Å²) in [4.78, 5) is 16.9. The Labute approximate surface area is 187 Å². The second-order valence-corrected chi connectivity index (χ2v) is 8.13. The molecule has 32 heavy (non-hydrogen) atoms. The molecule has 1 atom stereocenters. The lowest BCUT2D eigenvalue weighted by molar-refractivity contribution is 0.0990. The zero-order valence-corrected chi connectivity index (χ0v) is 18.0. The van der Waals surface area contributed by atoms with Crippen molar-refractivity contribution in [3.05, 3.63) is 84.2 Å². The molecule has 0 spiro atoms. The van der Waals surface area contributed by atoms with Crippen molar-refractivity contribution in [1.29, 1.82) is 0 Å². The number of carbonyl (C=O) groups excluding carboxylic acids is 1. The van der Waals surface area contributed by atoms with Crippen LogP contribution in [0.5, 0.6) is 5.75 Å². The molecule has 0 aliphatic carbocycles. The zero-order valence-electron chi connectivity index (χ0n) is 17.2. The Kier molecular flexibility index (Phi) is 6.27. The number of pyridine rings is 1. The maximum Gasteiger partial charge on any atom is 0.196 e. The Balaban J connectivity index is 1.72. The molecule has 162 valence electrons. The van der Waals surface area contributed by atoms with Crippen LogP contribution in [0.1, 0.15) is 17.3 Å². The number of thioether (sulfide) groups is 1. The Morgan fingerprint density at radius 3 is 2.41 bits per heavy atom. The average Bonchev–Trinajstić information content (AvgIpc) is 3.22. The third-order valence-corrected chi connectivity index (χ3v) is 5.79. The van der Waals surface area contributed by atoms with E-state index in [0.717, 1.165) is 35.1 Å². The van der Waals surface area contributed by atoms with Crippen LogP contribution < -0.4 is 4.74 Å². The van der Waals surface area contributed by atoms with Crippen LogP contribution in [0.2, 0.25) is 0 Å². The number of methoxy groups -OCH3 is 1. The molecule has 1 unspecified atom stereocenters. The van der Waals surface area contributed by atoms with Crippen LogP contribution in [0.25, 0.3) is 17.1 Å². The second-order valence-electron chi connectivity index (χ2n) is 6.82. The number of benzene rings is 2. The predicted molar refractivity (Wildman–Crippen MR) is 117 cm³/mol. The number of rotatable bonds is 7. The second kappa shape index (κ2) is 9.27. The monoisotopic (exact) mass is 452 g/mol. The molecule has 0 amide bonds. The van der Waals surface area contributed by atoms with E-state index in [1.54, 1.807) is 38.6 Å². The minimum atomic E-state index is -0.892. The third kappa shape index (κ3) is 4.38. The molecular weight excluding hydrogens is 434 g/mol. The minimum absolute atomic E-state index is 0.170. The molecule has 4 rings (SSSR count). The van der Waals surface area contributed by atoms with Crippen molar-refractivity contribution in [2.24, 2.45) is 0 Å². The molecule has 0 bridgehead atoms. The zero-order chi connectivity index (χ0) is 22.7. The van der Waals surface area contributed by atoms with Crippen molar-refractivity contribution >= 4 is 17.5 Å². The van der Waals surface area contributed by atoms with E-state index in [9.17, 15) is 13.6 Å². The summed E-state index contributed by atoms with van der Waals surface area (Å²) in [5.74, 6) is -0.844. The highest BCUT2D eigenvalue weighted by Gasteiger charge is 2.24. The number of hydrogen-bond acceptors (Lipinski definition) is 6. The topological polar surface area (TPSA) is 69.9 Å². The van der Waals surface area contributed by atoms with Gasteiger partial charge in [0.1, 0.15) is 17.4 Å². The lowest BCUT2D eigenvalue weighted by atomic mass is 10.1. The van der Waals surface area contributed by atoms with Gasteiger partial charge in [-0.25, -0.2) is 8.78 Å². The van der Waals surface area contributed by atoms with Crippen molar-refractivity contribution in [3.8, 4) is 22.8 Å². The van der Waals surface area contributed by atoms with Gasteiger partial charge in [-0.1, -0.05) is 11.8 Å². The van der Waals surface area contributed by atoms with Gasteiger partial charge in [-0.05, 0) is 55.5 Å². The van der Waals surface area contributed by atoms with E-state index >= 15 is 0 Å². The highest BCUT2D eigenvalue weighted by atomic mass is 32.2. The van der Waals surface area contributed by atoms with Gasteiger partial charge < -0.3 is 4.74 Å². The van der Waals surface area contributed by atoms with Crippen molar-refractivity contribution in [2.45, 2.75) is 17.3 Å². The summed E-state index contributed by atoms with van der Waals surface area (Å²) in [7, 11) is 1.58. The number of ether oxygens (including phenoxy) is 1. The number of ketones is 1. The van der Waals surface area contributed by atoms with E-state index in [-0.39, 0.29) is 5.56 Å². The van der Waals surface area contributed by atoms with Crippen LogP contribution in [0.4, 0.5) is 8.78 Å². The van der Waals surface area contributed by atoms with Crippen LogP contribution in [0.15, 0.2) is 72.1 Å². The predicted octanol–water partition coefficient (Wildman–Crippen LogP) is 4.98. The quantitative estimate of drug-likeness (QED) is 0.291. The SMILES string of the molecule is COc1ccc(-n2c(SC(C)C(=O)c3ccc(F)cc3F)nnc2-c2ccncc2)cc1. The molecule has 6 nitrogen and oxygen atoms in total. The third-order valence-electron chi connectivity index (χ3n) is 4.75. The number of hydrogen-bond donors (Lipinski definition) is 0. The first-order valence-corrected chi connectivity index (χ1v) is 10.5. The Morgan fingerprint density at radius 2 is 1.75 bits per heavy atom. The van der Waals surface area contributed by atoms with Crippen molar-refractivity contribution < 1.29 is 18.3 Å². The molecule has 4 aromatic rings. The largest absolute Gasteiger partial charge is 0.497 e. The number of Topliss-reactive ketones (excluding diaryl/α,β-unsaturated/α-hetero) is 1. The van der Waals surface area contributed by atoms with Crippen LogP contribution in [0.3, 0.4) is 0 Å². The van der Waals surface area contributed by atoms with E-state index in [2.05, 4.69) is 15.2 Å². The molecule has 2 heterocycles. The molecule has 0 N–H and O–H groups in total. The molecule has 0 fully saturated rings. The van der Waals surface area contributed by atoms with Crippen molar-refractivity contribution in [2.75, 3.05) is 7.11 Å². The summed E-state index contributed by atoms with van der Waals surface area (Å²) < 4.78 is 34.4. The summed E-state index contributed by atoms with van der Waals surface area (Å²) in [6.45, 7) is 1.65. The molecule has 0 saturated heterocycles. The Hall–Kier alpha value is -3.59. The standard InChI is InChI=1S/C23H18F2N4O2S/c1-14(21(30)19-8-3-16(24)13-20(19)25)32-23-28-27-22(15-9-11-26-12-10-15)29(23)17-4-6-18(31-2)7-5-17/h3-14H,1-2H3. The van der Waals surface area contributed by atoms with Crippen molar-refractivity contribution in [1.82, 2.24) is 19.7 Å². The van der Waals surface area contributed by atoms with Gasteiger partial charge >= 0.3 is 0 Å². The smallest absolute Gasteiger partial charge is 0.196 e. The summed E-state index contributed by atoms with van der Waals surface area (Å²) >= 11 is 1.14. The van der Waals surface area contributed by atoms with Crippen LogP contribution in [0, 0.1) is 11.6 Å². The summed E-state index contributed by atoms with van der Waals surface area (Å²) in [6.07, 6.45) is 3.30. The van der Waals surface area contributed by atoms with Gasteiger partial charge in [0.15, 0.2) is 16.8 Å². The van der Waals surface area contributed by atoms with Gasteiger partial charge in [0.05, 0.1) is 17.9 Å². The van der Waals surface area contributed by atoms with Gasteiger partial charge in [-0.2, -0.15) is 0 Å². The first-order chi connectivity index (χ1) is 15.5. The number of nitrogens with zero attached hydrogens (tertiary/aromatic N) is 4. The average molecular weight is 452 g/mol. The van der Waals surface area contributed by atoms with Gasteiger partial charge in [-0.15, -0.1) is 10.2 Å². The number of carbonyl (C=O) groups is 1. The molecule has 9 heteroatoms. The summed E-state index contributed by atoms with van der Waals surface area (Å²) in [5.41, 5.74) is 1.38. The van der Waals surface area contributed by atoms with E-state index in [1.165, 1.54) is 0 Å². The van der Waals surface area contributed by atoms with Crippen molar-refractivity contribution in [3.63, 3.8) is 0 Å². The lowest BCUT2D eigenvalue weighted by Gasteiger charge is -2.14. The Morgan fingerprint density at radius 1 is 1.03 bits per heavy atom. The molecule has 0 radical (unpaired) electrons. The van der Waals surface area contributed by atoms with Gasteiger partial charge in [-0.3, -0.25) is 14.3 Å². The minimum Gasteiger partial charge on any atom is -0.497 e. The highest BCUT2D eigenvalue weighted by Crippen LogP contribution is 2.32. The molecule has 0 aliphatic rings. The normalized spacial score (nSPS) is 11.9. The molecule has 0 saturated carbocycles. The first kappa shape index (κ1) is 21.6. The molecule has 2 aromatic heterocycles. The van der Waals surface area contributed by atoms with Crippen LogP contribution in [-0.4, -0.2) is 37.9 Å². The van der Waals surface area contributed by atoms with Gasteiger partial charge in [0.2, 0.25) is 0 Å². The Bertz CT molecular complexity index is 1250. The van der Waals surface area contributed by atoms with Crippen LogP contribution >= 0.6 is 11.8 Å². The summed E-state index contributed by atoms with van der Waals surface area (Å²) in [5, 5.41) is 8.36. The maximum atomic E-state index is 14.1. The fraction of sp³-hybridized carbons (Fsp3) is 0.130. The number of aromatic nitrogens is 4. The molecule has 2 aromatic carbocycles. The van der Waals surface area contributed by atoms with Gasteiger partial charge in [0, 0.05) is 29.7 Å². The maximum absolute atomic E-state index is 14.1. The lowest BCUT2D eigenvalue weighted by Crippen LogP contribution is -2.16. The molecule has 0 aliphatic heterocycles. The number of halogens is 2. The van der Waals surface area contributed by atoms with E-state index in [1.807, 2.05) is 28.8 Å². The summed E-state index contributed by atoms with van der Waals surface area (Å²) in [6, 6.07) is 13.8. The fourth-order valence-corrected chi connectivity index (χ4v) is 4.05. The van der Waals surface area contributed by atoms with E-state index in [4.69, 9.17) is 4.74 Å². The molecular formula is C23H18F2N4O2S. The first-order valence-electron chi connectivity index (χ1n) is 9.64. The fourth-order valence-electron chi connectivity index (χ4n) is 3.12. The van der Waals surface area contributed by atoms with E-state index < -0.39 is 22.7 Å². The highest BCUT2D eigenvalue weighted by molar-refractivity contribution is 8.00. The van der Waals surface area contributed by atoms with Gasteiger partial charge in [0.25, 0.3) is 0 Å². The van der Waals surface area contributed by atoms with E-state index in [0.29, 0.717) is 22.8 Å².